The molecule has 0 spiro atoms. The Morgan fingerprint density at radius 2 is 1.95 bits per heavy atom. The van der Waals surface area contributed by atoms with E-state index in [1.807, 2.05) is 26.2 Å². The average Bonchev–Trinajstić information content (AvgIpc) is 2.82. The number of aliphatic hydroxyl groups excluding tert-OH is 1. The van der Waals surface area contributed by atoms with Crippen LogP contribution in [0, 0.1) is 0 Å². The van der Waals surface area contributed by atoms with Crippen LogP contribution in [0.4, 0.5) is 0 Å². The number of fused-ring (bicyclic) bond motifs is 2. The minimum atomic E-state index is 0.0764. The first-order valence-electron chi connectivity index (χ1n) is 7.19. The Kier molecular flexibility index (Phi) is 3.73. The van der Waals surface area contributed by atoms with E-state index in [0.29, 0.717) is 19.8 Å². The number of ether oxygens (including phenoxy) is 2. The van der Waals surface area contributed by atoms with Crippen LogP contribution in [-0.2, 0) is 6.54 Å². The van der Waals surface area contributed by atoms with Crippen molar-refractivity contribution in [3.63, 3.8) is 0 Å². The van der Waals surface area contributed by atoms with Crippen LogP contribution >= 0.6 is 0 Å². The highest BCUT2D eigenvalue weighted by atomic mass is 16.6. The monoisotopic (exact) mass is 291 g/mol. The van der Waals surface area contributed by atoms with Crippen LogP contribution in [0.15, 0.2) is 12.1 Å². The van der Waals surface area contributed by atoms with Crippen molar-refractivity contribution in [2.45, 2.75) is 19.5 Å². The van der Waals surface area contributed by atoms with Gasteiger partial charge in [-0.15, -0.1) is 0 Å². The lowest BCUT2D eigenvalue weighted by molar-refractivity contribution is 0.172. The van der Waals surface area contributed by atoms with E-state index in [2.05, 4.69) is 16.4 Å². The minimum Gasteiger partial charge on any atom is -0.486 e. The predicted octanol–water partition coefficient (Wildman–Crippen LogP) is 1.42. The predicted molar refractivity (Wildman–Crippen MR) is 79.9 cm³/mol. The summed E-state index contributed by atoms with van der Waals surface area (Å²) in [5.41, 5.74) is 1.84. The van der Waals surface area contributed by atoms with Crippen molar-refractivity contribution in [2.75, 3.05) is 33.9 Å². The summed E-state index contributed by atoms with van der Waals surface area (Å²) in [5.74, 6) is 2.43. The topological polar surface area (TPSA) is 59.8 Å². The fourth-order valence-corrected chi connectivity index (χ4v) is 2.57. The minimum absolute atomic E-state index is 0.0764. The molecule has 114 valence electrons. The third-order valence-corrected chi connectivity index (χ3v) is 3.91. The summed E-state index contributed by atoms with van der Waals surface area (Å²) in [5, 5.41) is 9.36. The van der Waals surface area contributed by atoms with E-state index in [1.165, 1.54) is 0 Å². The van der Waals surface area contributed by atoms with Crippen molar-refractivity contribution in [3.8, 4) is 11.5 Å². The summed E-state index contributed by atoms with van der Waals surface area (Å²) in [6.07, 6.45) is 0. The molecular weight excluding hydrogens is 270 g/mol. The molecule has 1 aromatic carbocycles. The van der Waals surface area contributed by atoms with Crippen molar-refractivity contribution in [1.29, 1.82) is 0 Å². The summed E-state index contributed by atoms with van der Waals surface area (Å²) >= 11 is 0. The van der Waals surface area contributed by atoms with Gasteiger partial charge in [-0.2, -0.15) is 0 Å². The second-order valence-electron chi connectivity index (χ2n) is 5.47. The fourth-order valence-electron chi connectivity index (χ4n) is 2.57. The maximum Gasteiger partial charge on any atom is 0.163 e. The molecule has 1 aromatic heterocycles. The Labute approximate surface area is 123 Å². The van der Waals surface area contributed by atoms with Gasteiger partial charge in [0.25, 0.3) is 0 Å². The number of nitrogens with zero attached hydrogens (tertiary/aromatic N) is 3. The van der Waals surface area contributed by atoms with Gasteiger partial charge >= 0.3 is 0 Å². The van der Waals surface area contributed by atoms with Crippen molar-refractivity contribution in [3.05, 3.63) is 18.0 Å². The highest BCUT2D eigenvalue weighted by molar-refractivity contribution is 5.81. The molecule has 2 heterocycles. The number of aromatic nitrogens is 2. The number of aliphatic hydroxyl groups is 1. The Morgan fingerprint density at radius 3 is 2.57 bits per heavy atom. The second kappa shape index (κ2) is 5.54. The van der Waals surface area contributed by atoms with E-state index in [-0.39, 0.29) is 12.6 Å². The zero-order valence-corrected chi connectivity index (χ0v) is 12.7. The number of benzene rings is 1. The quantitative estimate of drug-likeness (QED) is 0.923. The molecule has 21 heavy (non-hydrogen) atoms. The van der Waals surface area contributed by atoms with E-state index >= 15 is 0 Å². The molecule has 0 saturated carbocycles. The molecule has 0 amide bonds. The lowest BCUT2D eigenvalue weighted by Crippen LogP contribution is -2.21. The second-order valence-corrected chi connectivity index (χ2v) is 5.47. The molecule has 1 N–H and O–H groups in total. The summed E-state index contributed by atoms with van der Waals surface area (Å²) in [6, 6.07) is 4.03. The Hall–Kier alpha value is -1.79. The standard InChI is InChI=1S/C15H21N3O3/c1-10(17(2)3)15-16-11-8-13-14(21-7-6-20-13)9-12(11)18(15)4-5-19/h8-10,19H,4-7H2,1-3H3. The molecule has 1 atom stereocenters. The van der Waals surface area contributed by atoms with Gasteiger partial charge < -0.3 is 19.1 Å². The first kappa shape index (κ1) is 14.2. The van der Waals surface area contributed by atoms with Crippen LogP contribution in [0.3, 0.4) is 0 Å². The fraction of sp³-hybridized carbons (Fsp3) is 0.533. The van der Waals surface area contributed by atoms with E-state index in [0.717, 1.165) is 28.4 Å². The number of imidazole rings is 1. The van der Waals surface area contributed by atoms with Crippen LogP contribution in [0.1, 0.15) is 18.8 Å². The van der Waals surface area contributed by atoms with Crippen LogP contribution < -0.4 is 9.47 Å². The molecule has 3 rings (SSSR count). The molecule has 1 aliphatic rings. The highest BCUT2D eigenvalue weighted by Crippen LogP contribution is 2.35. The molecule has 0 bridgehead atoms. The van der Waals surface area contributed by atoms with Gasteiger partial charge in [0, 0.05) is 18.7 Å². The summed E-state index contributed by atoms with van der Waals surface area (Å²) in [6.45, 7) is 3.82. The summed E-state index contributed by atoms with van der Waals surface area (Å²) in [4.78, 5) is 6.83. The molecule has 0 aliphatic carbocycles. The molecular formula is C15H21N3O3. The number of rotatable bonds is 4. The van der Waals surface area contributed by atoms with Gasteiger partial charge in [0.1, 0.15) is 19.0 Å². The van der Waals surface area contributed by atoms with Gasteiger partial charge in [-0.25, -0.2) is 4.98 Å². The first-order valence-corrected chi connectivity index (χ1v) is 7.19. The summed E-state index contributed by atoms with van der Waals surface area (Å²) < 4.78 is 13.3. The van der Waals surface area contributed by atoms with Gasteiger partial charge in [-0.05, 0) is 21.0 Å². The molecule has 1 unspecified atom stereocenters. The van der Waals surface area contributed by atoms with Gasteiger partial charge in [-0.1, -0.05) is 0 Å². The molecule has 0 radical (unpaired) electrons. The van der Waals surface area contributed by atoms with Crippen LogP contribution in [0.5, 0.6) is 11.5 Å². The Bertz CT molecular complexity index is 651. The van der Waals surface area contributed by atoms with Crippen molar-refractivity contribution in [1.82, 2.24) is 14.5 Å². The molecule has 2 aromatic rings. The lowest BCUT2D eigenvalue weighted by atomic mass is 10.2. The first-order chi connectivity index (χ1) is 10.1. The van der Waals surface area contributed by atoms with Crippen LogP contribution in [0.25, 0.3) is 11.0 Å². The molecule has 6 heteroatoms. The highest BCUT2D eigenvalue weighted by Gasteiger charge is 2.21. The van der Waals surface area contributed by atoms with Crippen molar-refractivity contribution < 1.29 is 14.6 Å². The third kappa shape index (κ3) is 2.45. The van der Waals surface area contributed by atoms with Crippen molar-refractivity contribution in [2.24, 2.45) is 0 Å². The zero-order chi connectivity index (χ0) is 15.0. The lowest BCUT2D eigenvalue weighted by Gasteiger charge is -2.20. The van der Waals surface area contributed by atoms with Gasteiger partial charge in [0.15, 0.2) is 11.5 Å². The van der Waals surface area contributed by atoms with Gasteiger partial charge in [0.2, 0.25) is 0 Å². The summed E-state index contributed by atoms with van der Waals surface area (Å²) in [7, 11) is 4.04. The van der Waals surface area contributed by atoms with E-state index in [9.17, 15) is 5.11 Å². The molecule has 6 nitrogen and oxygen atoms in total. The molecule has 1 aliphatic heterocycles. The van der Waals surface area contributed by atoms with Crippen molar-refractivity contribution >= 4 is 11.0 Å². The normalized spacial score (nSPS) is 15.7. The van der Waals surface area contributed by atoms with Gasteiger partial charge in [0.05, 0.1) is 23.7 Å². The maximum atomic E-state index is 9.36. The smallest absolute Gasteiger partial charge is 0.163 e. The molecule has 0 saturated heterocycles. The number of hydrogen-bond donors (Lipinski definition) is 1. The largest absolute Gasteiger partial charge is 0.486 e. The van der Waals surface area contributed by atoms with E-state index in [4.69, 9.17) is 14.5 Å². The van der Waals surface area contributed by atoms with Crippen LogP contribution in [-0.4, -0.2) is 53.5 Å². The van der Waals surface area contributed by atoms with Crippen LogP contribution in [0.2, 0.25) is 0 Å². The van der Waals surface area contributed by atoms with Gasteiger partial charge in [-0.3, -0.25) is 4.90 Å². The van der Waals surface area contributed by atoms with E-state index in [1.54, 1.807) is 0 Å². The van der Waals surface area contributed by atoms with E-state index < -0.39 is 0 Å². The number of hydrogen-bond acceptors (Lipinski definition) is 5. The Morgan fingerprint density at radius 1 is 1.29 bits per heavy atom. The average molecular weight is 291 g/mol. The maximum absolute atomic E-state index is 9.36. The SMILES string of the molecule is CC(c1nc2cc3c(cc2n1CCO)OCCO3)N(C)C. The third-order valence-electron chi connectivity index (χ3n) is 3.91. The zero-order valence-electron chi connectivity index (χ0n) is 12.7. The Balaban J connectivity index is 2.16. The molecule has 0 fully saturated rings.